The van der Waals surface area contributed by atoms with Crippen molar-refractivity contribution >= 4 is 5.52 Å². The number of pyridine rings is 1. The van der Waals surface area contributed by atoms with E-state index in [0.717, 1.165) is 17.6 Å². The molecule has 13 heavy (non-hydrogen) atoms. The summed E-state index contributed by atoms with van der Waals surface area (Å²) in [4.78, 5) is 0. The monoisotopic (exact) mass is 171 g/mol. The number of hydrogen-bond acceptors (Lipinski definition) is 2. The zero-order valence-electron chi connectivity index (χ0n) is 7.36. The lowest BCUT2D eigenvalue weighted by Gasteiger charge is -1.88. The average molecular weight is 171 g/mol. The molecule has 2 rings (SSSR count). The summed E-state index contributed by atoms with van der Waals surface area (Å²) >= 11 is 0. The molecule has 0 atom stereocenters. The molecule has 3 nitrogen and oxygen atoms in total. The van der Waals surface area contributed by atoms with Crippen LogP contribution in [0.3, 0.4) is 0 Å². The van der Waals surface area contributed by atoms with Crippen LogP contribution in [0.4, 0.5) is 0 Å². The van der Waals surface area contributed by atoms with Crippen LogP contribution in [0.25, 0.3) is 5.52 Å². The second-order valence-electron chi connectivity index (χ2n) is 2.82. The van der Waals surface area contributed by atoms with Crippen LogP contribution in [0.5, 0.6) is 0 Å². The number of rotatable bonds is 1. The molecule has 0 aliphatic carbocycles. The second kappa shape index (κ2) is 2.91. The van der Waals surface area contributed by atoms with E-state index in [1.54, 1.807) is 4.52 Å². The molecule has 0 saturated heterocycles. The van der Waals surface area contributed by atoms with Crippen LogP contribution >= 0.6 is 0 Å². The van der Waals surface area contributed by atoms with Gasteiger partial charge in [0.2, 0.25) is 0 Å². The van der Waals surface area contributed by atoms with Crippen LogP contribution in [0.2, 0.25) is 0 Å². The Bertz CT molecular complexity index is 476. The summed E-state index contributed by atoms with van der Waals surface area (Å²) in [5.74, 6) is 0. The molecule has 0 saturated carbocycles. The van der Waals surface area contributed by atoms with Crippen molar-refractivity contribution in [2.24, 2.45) is 0 Å². The third kappa shape index (κ3) is 1.07. The van der Waals surface area contributed by atoms with E-state index in [9.17, 15) is 0 Å². The van der Waals surface area contributed by atoms with Crippen molar-refractivity contribution < 1.29 is 0 Å². The first-order chi connectivity index (χ1) is 6.36. The van der Waals surface area contributed by atoms with E-state index in [2.05, 4.69) is 11.2 Å². The van der Waals surface area contributed by atoms with Crippen molar-refractivity contribution in [2.45, 2.75) is 13.3 Å². The van der Waals surface area contributed by atoms with E-state index < -0.39 is 0 Å². The summed E-state index contributed by atoms with van der Waals surface area (Å²) in [6, 6.07) is 7.91. The number of aryl methyl sites for hydroxylation is 1. The van der Waals surface area contributed by atoms with Crippen molar-refractivity contribution in [1.82, 2.24) is 9.61 Å². The van der Waals surface area contributed by atoms with Crippen LogP contribution in [-0.4, -0.2) is 9.61 Å². The van der Waals surface area contributed by atoms with Gasteiger partial charge in [-0.2, -0.15) is 10.4 Å². The molecule has 2 heterocycles. The van der Waals surface area contributed by atoms with E-state index in [1.807, 2.05) is 31.3 Å². The van der Waals surface area contributed by atoms with Crippen molar-refractivity contribution in [2.75, 3.05) is 0 Å². The first-order valence-electron chi connectivity index (χ1n) is 4.23. The summed E-state index contributed by atoms with van der Waals surface area (Å²) in [5, 5.41) is 13.2. The molecule has 2 aromatic heterocycles. The Balaban J connectivity index is 2.83. The zero-order valence-corrected chi connectivity index (χ0v) is 7.36. The molecule has 0 fully saturated rings. The maximum Gasteiger partial charge on any atom is 0.103 e. The minimum atomic E-state index is 0.697. The van der Waals surface area contributed by atoms with Gasteiger partial charge in [0.05, 0.1) is 11.2 Å². The first kappa shape index (κ1) is 7.81. The summed E-state index contributed by atoms with van der Waals surface area (Å²) in [7, 11) is 0. The Kier molecular flexibility index (Phi) is 1.75. The number of fused-ring (bicyclic) bond motifs is 1. The Morgan fingerprint density at radius 1 is 1.54 bits per heavy atom. The maximum atomic E-state index is 8.93. The van der Waals surface area contributed by atoms with Gasteiger partial charge < -0.3 is 0 Å². The second-order valence-corrected chi connectivity index (χ2v) is 2.82. The number of hydrogen-bond donors (Lipinski definition) is 0. The first-order valence-corrected chi connectivity index (χ1v) is 4.23. The lowest BCUT2D eigenvalue weighted by molar-refractivity contribution is 0.897. The highest BCUT2D eigenvalue weighted by atomic mass is 15.2. The highest BCUT2D eigenvalue weighted by molar-refractivity contribution is 5.62. The lowest BCUT2D eigenvalue weighted by atomic mass is 10.2. The highest BCUT2D eigenvalue weighted by Crippen LogP contribution is 2.14. The molecule has 3 heteroatoms. The molecule has 64 valence electrons. The van der Waals surface area contributed by atoms with Gasteiger partial charge in [0.1, 0.15) is 11.6 Å². The van der Waals surface area contributed by atoms with E-state index in [1.165, 1.54) is 0 Å². The zero-order chi connectivity index (χ0) is 9.26. The molecule has 0 aliphatic heterocycles. The maximum absolute atomic E-state index is 8.93. The molecular formula is C10H9N3. The van der Waals surface area contributed by atoms with Crippen LogP contribution in [-0.2, 0) is 6.42 Å². The van der Waals surface area contributed by atoms with E-state index in [-0.39, 0.29) is 0 Å². The van der Waals surface area contributed by atoms with Crippen molar-refractivity contribution in [3.63, 3.8) is 0 Å². The summed E-state index contributed by atoms with van der Waals surface area (Å²) in [6.45, 7) is 2.00. The van der Waals surface area contributed by atoms with E-state index in [0.29, 0.717) is 5.56 Å². The fraction of sp³-hybridized carbons (Fsp3) is 0.200. The largest absolute Gasteiger partial charge is 0.239 e. The Morgan fingerprint density at radius 2 is 2.38 bits per heavy atom. The molecule has 0 bridgehead atoms. The fourth-order valence-corrected chi connectivity index (χ4v) is 1.42. The number of nitrogens with zero attached hydrogens (tertiary/aromatic N) is 3. The SMILES string of the molecule is CCc1nn2ccccc2c1C#N. The lowest BCUT2D eigenvalue weighted by Crippen LogP contribution is -1.85. The standard InChI is InChI=1S/C10H9N3/c1-2-9-8(7-11)10-5-3-4-6-13(10)12-9/h3-6H,2H2,1H3. The van der Waals surface area contributed by atoms with Gasteiger partial charge in [-0.05, 0) is 18.6 Å². The molecular weight excluding hydrogens is 162 g/mol. The fourth-order valence-electron chi connectivity index (χ4n) is 1.42. The van der Waals surface area contributed by atoms with Gasteiger partial charge in [-0.3, -0.25) is 0 Å². The summed E-state index contributed by atoms with van der Waals surface area (Å²) < 4.78 is 1.75. The topological polar surface area (TPSA) is 41.1 Å². The van der Waals surface area contributed by atoms with Crippen molar-refractivity contribution in [3.05, 3.63) is 35.7 Å². The van der Waals surface area contributed by atoms with E-state index >= 15 is 0 Å². The third-order valence-corrected chi connectivity index (χ3v) is 2.06. The molecule has 2 aromatic rings. The Morgan fingerprint density at radius 3 is 3.08 bits per heavy atom. The predicted molar refractivity (Wildman–Crippen MR) is 49.3 cm³/mol. The normalized spacial score (nSPS) is 10.2. The van der Waals surface area contributed by atoms with E-state index in [4.69, 9.17) is 5.26 Å². The van der Waals surface area contributed by atoms with Crippen molar-refractivity contribution in [3.8, 4) is 6.07 Å². The molecule has 0 N–H and O–H groups in total. The molecule has 0 amide bonds. The number of nitriles is 1. The minimum Gasteiger partial charge on any atom is -0.239 e. The van der Waals surface area contributed by atoms with Gasteiger partial charge in [0.25, 0.3) is 0 Å². The third-order valence-electron chi connectivity index (χ3n) is 2.06. The molecule has 0 radical (unpaired) electrons. The van der Waals surface area contributed by atoms with Gasteiger partial charge in [-0.15, -0.1) is 0 Å². The molecule has 0 aromatic carbocycles. The van der Waals surface area contributed by atoms with Gasteiger partial charge in [0.15, 0.2) is 0 Å². The summed E-state index contributed by atoms with van der Waals surface area (Å²) in [6.07, 6.45) is 2.65. The van der Waals surface area contributed by atoms with Gasteiger partial charge in [-0.25, -0.2) is 4.52 Å². The highest BCUT2D eigenvalue weighted by Gasteiger charge is 2.08. The molecule has 0 spiro atoms. The smallest absolute Gasteiger partial charge is 0.103 e. The minimum absolute atomic E-state index is 0.697. The predicted octanol–water partition coefficient (Wildman–Crippen LogP) is 1.77. The van der Waals surface area contributed by atoms with Crippen LogP contribution in [0.1, 0.15) is 18.2 Å². The Labute approximate surface area is 76.2 Å². The quantitative estimate of drug-likeness (QED) is 0.656. The number of aromatic nitrogens is 2. The van der Waals surface area contributed by atoms with Crippen molar-refractivity contribution in [1.29, 1.82) is 5.26 Å². The molecule has 0 aliphatic rings. The van der Waals surface area contributed by atoms with Crippen LogP contribution in [0, 0.1) is 11.3 Å². The van der Waals surface area contributed by atoms with Gasteiger partial charge >= 0.3 is 0 Å². The van der Waals surface area contributed by atoms with Gasteiger partial charge in [-0.1, -0.05) is 13.0 Å². The Hall–Kier alpha value is -1.82. The summed E-state index contributed by atoms with van der Waals surface area (Å²) in [5.41, 5.74) is 2.46. The van der Waals surface area contributed by atoms with Crippen LogP contribution in [0.15, 0.2) is 24.4 Å². The van der Waals surface area contributed by atoms with Gasteiger partial charge in [0, 0.05) is 6.20 Å². The molecule has 0 unspecified atom stereocenters. The average Bonchev–Trinajstić information content (AvgIpc) is 2.55. The van der Waals surface area contributed by atoms with Crippen LogP contribution < -0.4 is 0 Å².